The van der Waals surface area contributed by atoms with Crippen LogP contribution in [0.2, 0.25) is 0 Å². The number of Topliss-reactive ketones (excluding diaryl/α,β-unsaturated/α-hetero) is 1. The minimum Gasteiger partial charge on any atom is -0.497 e. The summed E-state index contributed by atoms with van der Waals surface area (Å²) in [4.78, 5) is 31.1. The normalized spacial score (nSPS) is 22.9. The van der Waals surface area contributed by atoms with E-state index in [9.17, 15) is 9.59 Å². The second kappa shape index (κ2) is 8.62. The molecule has 30 heavy (non-hydrogen) atoms. The Bertz CT molecular complexity index is 912. The maximum atomic E-state index is 13.3. The summed E-state index contributed by atoms with van der Waals surface area (Å²) >= 11 is 0. The number of nitrogens with zero attached hydrogens (tertiary/aromatic N) is 1. The van der Waals surface area contributed by atoms with E-state index in [1.54, 1.807) is 20.3 Å². The number of benzene rings is 1. The Morgan fingerprint density at radius 2 is 1.93 bits per heavy atom. The lowest BCUT2D eigenvalue weighted by atomic mass is 9.66. The van der Waals surface area contributed by atoms with Crippen molar-refractivity contribution in [3.05, 3.63) is 35.0 Å². The van der Waals surface area contributed by atoms with E-state index >= 15 is 0 Å². The van der Waals surface area contributed by atoms with Crippen molar-refractivity contribution in [3.8, 4) is 11.5 Å². The number of esters is 1. The van der Waals surface area contributed by atoms with E-state index in [1.807, 2.05) is 26.0 Å². The Morgan fingerprint density at radius 3 is 2.57 bits per heavy atom. The summed E-state index contributed by atoms with van der Waals surface area (Å²) in [5, 5.41) is 0. The van der Waals surface area contributed by atoms with Gasteiger partial charge in [0.05, 0.1) is 20.8 Å². The third-order valence-corrected chi connectivity index (χ3v) is 5.78. The lowest BCUT2D eigenvalue weighted by Crippen LogP contribution is -2.39. The van der Waals surface area contributed by atoms with Crippen molar-refractivity contribution in [3.63, 3.8) is 0 Å². The van der Waals surface area contributed by atoms with Crippen molar-refractivity contribution < 1.29 is 23.8 Å². The number of hydrogen-bond donors (Lipinski definition) is 0. The highest BCUT2D eigenvalue weighted by Gasteiger charge is 2.46. The van der Waals surface area contributed by atoms with Crippen LogP contribution in [0.15, 0.2) is 34.5 Å². The number of hydrogen-bond acceptors (Lipinski definition) is 6. The quantitative estimate of drug-likeness (QED) is 0.643. The van der Waals surface area contributed by atoms with E-state index in [2.05, 4.69) is 13.8 Å². The third-order valence-electron chi connectivity index (χ3n) is 5.78. The van der Waals surface area contributed by atoms with Gasteiger partial charge in [0.1, 0.15) is 17.4 Å². The zero-order valence-corrected chi connectivity index (χ0v) is 18.7. The van der Waals surface area contributed by atoms with Gasteiger partial charge in [0.2, 0.25) is 0 Å². The molecule has 0 amide bonds. The highest BCUT2D eigenvalue weighted by atomic mass is 16.5. The van der Waals surface area contributed by atoms with Crippen molar-refractivity contribution in [1.29, 1.82) is 0 Å². The molecule has 2 atom stereocenters. The predicted molar refractivity (Wildman–Crippen MR) is 115 cm³/mol. The Morgan fingerprint density at radius 1 is 1.20 bits per heavy atom. The number of ketones is 1. The molecule has 3 rings (SSSR count). The molecule has 2 aliphatic rings. The molecule has 6 heteroatoms. The van der Waals surface area contributed by atoms with Crippen LogP contribution in [-0.4, -0.2) is 38.3 Å². The molecule has 0 radical (unpaired) electrons. The number of methoxy groups -OCH3 is 2. The van der Waals surface area contributed by atoms with Gasteiger partial charge in [0.25, 0.3) is 0 Å². The van der Waals surface area contributed by atoms with E-state index in [-0.39, 0.29) is 17.2 Å². The number of aliphatic imine (C=N–C) groups is 1. The van der Waals surface area contributed by atoms with Gasteiger partial charge in [-0.2, -0.15) is 0 Å². The Hall–Kier alpha value is -2.63. The van der Waals surface area contributed by atoms with Crippen LogP contribution < -0.4 is 9.47 Å². The summed E-state index contributed by atoms with van der Waals surface area (Å²) in [6.07, 6.45) is 1.84. The van der Waals surface area contributed by atoms with Crippen LogP contribution in [0.25, 0.3) is 0 Å². The fourth-order valence-corrected chi connectivity index (χ4v) is 4.45. The third kappa shape index (κ3) is 4.13. The van der Waals surface area contributed by atoms with Crippen molar-refractivity contribution in [2.24, 2.45) is 16.3 Å². The standard InChI is InChI=1S/C24H31NO5/c1-7-10-30-23(27)20-14(2)25-17-12-24(3,4)13-18(26)22(17)21(20)16-9-8-15(28-5)11-19(16)29-6/h8-9,11,20-21H,7,10,12-13H2,1-6H3/t20?,21-/m1/s1. The second-order valence-corrected chi connectivity index (χ2v) is 8.79. The minimum absolute atomic E-state index is 0.0358. The second-order valence-electron chi connectivity index (χ2n) is 8.79. The van der Waals surface area contributed by atoms with E-state index in [0.717, 1.165) is 17.7 Å². The Labute approximate surface area is 178 Å². The van der Waals surface area contributed by atoms with Crippen LogP contribution in [0.5, 0.6) is 11.5 Å². The summed E-state index contributed by atoms with van der Waals surface area (Å²) in [6, 6.07) is 5.48. The van der Waals surface area contributed by atoms with Gasteiger partial charge in [0.15, 0.2) is 5.78 Å². The average molecular weight is 414 g/mol. The maximum Gasteiger partial charge on any atom is 0.315 e. The van der Waals surface area contributed by atoms with Crippen molar-refractivity contribution >= 4 is 17.5 Å². The predicted octanol–water partition coefficient (Wildman–Crippen LogP) is 4.47. The van der Waals surface area contributed by atoms with Crippen LogP contribution in [0.4, 0.5) is 0 Å². The van der Waals surface area contributed by atoms with Crippen LogP contribution in [0, 0.1) is 11.3 Å². The average Bonchev–Trinajstić information content (AvgIpc) is 2.69. The first-order valence-corrected chi connectivity index (χ1v) is 10.4. The molecular formula is C24H31NO5. The molecule has 1 aliphatic carbocycles. The fourth-order valence-electron chi connectivity index (χ4n) is 4.45. The Kier molecular flexibility index (Phi) is 6.34. The minimum atomic E-state index is -0.664. The molecule has 6 nitrogen and oxygen atoms in total. The zero-order valence-electron chi connectivity index (χ0n) is 18.7. The maximum absolute atomic E-state index is 13.3. The molecule has 0 spiro atoms. The first-order valence-electron chi connectivity index (χ1n) is 10.4. The molecule has 0 fully saturated rings. The molecule has 0 bridgehead atoms. The van der Waals surface area contributed by atoms with Gasteiger partial charge in [-0.25, -0.2) is 0 Å². The summed E-state index contributed by atoms with van der Waals surface area (Å²) in [5.74, 6) is -0.257. The first kappa shape index (κ1) is 22.1. The summed E-state index contributed by atoms with van der Waals surface area (Å²) in [7, 11) is 3.16. The van der Waals surface area contributed by atoms with Gasteiger partial charge >= 0.3 is 5.97 Å². The summed E-state index contributed by atoms with van der Waals surface area (Å²) in [5.41, 5.74) is 2.66. The Balaban J connectivity index is 2.19. The number of allylic oxidation sites excluding steroid dienone is 2. The molecule has 1 unspecified atom stereocenters. The fraction of sp³-hybridized carbons (Fsp3) is 0.542. The zero-order chi connectivity index (χ0) is 22.1. The number of carbonyl (C=O) groups excluding carboxylic acids is 2. The molecule has 162 valence electrons. The van der Waals surface area contributed by atoms with Crippen LogP contribution >= 0.6 is 0 Å². The molecule has 0 N–H and O–H groups in total. The van der Waals surface area contributed by atoms with E-state index in [0.29, 0.717) is 42.2 Å². The van der Waals surface area contributed by atoms with Gasteiger partial charge in [-0.05, 0) is 31.2 Å². The molecule has 1 aliphatic heterocycles. The molecular weight excluding hydrogens is 382 g/mol. The monoisotopic (exact) mass is 413 g/mol. The lowest BCUT2D eigenvalue weighted by molar-refractivity contribution is -0.146. The molecule has 1 aromatic rings. The van der Waals surface area contributed by atoms with Gasteiger partial charge in [-0.15, -0.1) is 0 Å². The molecule has 0 saturated carbocycles. The number of rotatable bonds is 6. The molecule has 0 saturated heterocycles. The molecule has 0 aromatic heterocycles. The highest BCUT2D eigenvalue weighted by Crippen LogP contribution is 2.49. The van der Waals surface area contributed by atoms with E-state index in [1.165, 1.54) is 0 Å². The highest BCUT2D eigenvalue weighted by molar-refractivity contribution is 6.09. The van der Waals surface area contributed by atoms with Gasteiger partial charge in [-0.3, -0.25) is 14.6 Å². The van der Waals surface area contributed by atoms with E-state index in [4.69, 9.17) is 19.2 Å². The van der Waals surface area contributed by atoms with Crippen LogP contribution in [0.3, 0.4) is 0 Å². The van der Waals surface area contributed by atoms with Gasteiger partial charge in [0, 0.05) is 41.0 Å². The largest absolute Gasteiger partial charge is 0.497 e. The van der Waals surface area contributed by atoms with E-state index < -0.39 is 11.8 Å². The first-order chi connectivity index (χ1) is 14.2. The number of carbonyl (C=O) groups is 2. The van der Waals surface area contributed by atoms with Crippen molar-refractivity contribution in [1.82, 2.24) is 0 Å². The summed E-state index contributed by atoms with van der Waals surface area (Å²) < 4.78 is 16.5. The van der Waals surface area contributed by atoms with Crippen LogP contribution in [0.1, 0.15) is 58.4 Å². The van der Waals surface area contributed by atoms with Gasteiger partial charge < -0.3 is 14.2 Å². The summed E-state index contributed by atoms with van der Waals surface area (Å²) in [6.45, 7) is 8.28. The topological polar surface area (TPSA) is 74.2 Å². The van der Waals surface area contributed by atoms with Crippen molar-refractivity contribution in [2.75, 3.05) is 20.8 Å². The van der Waals surface area contributed by atoms with Gasteiger partial charge in [-0.1, -0.05) is 26.8 Å². The smallest absolute Gasteiger partial charge is 0.315 e. The van der Waals surface area contributed by atoms with Crippen LogP contribution in [-0.2, 0) is 14.3 Å². The number of ether oxygens (including phenoxy) is 3. The molecule has 1 heterocycles. The lowest BCUT2D eigenvalue weighted by Gasteiger charge is -2.39. The SMILES string of the molecule is CCCOC(=O)C1C(C)=NC2=C(C(=O)CC(C)(C)C2)[C@@H]1c1ccc(OC)cc1OC. The molecule has 1 aromatic carbocycles. The van der Waals surface area contributed by atoms with Crippen molar-refractivity contribution in [2.45, 2.75) is 52.9 Å².